The Kier molecular flexibility index (Phi) is 19.2. The quantitative estimate of drug-likeness (QED) is 0.827. The number of aliphatic imine (C=N–C) groups is 1. The van der Waals surface area contributed by atoms with Crippen LogP contribution < -0.4 is 10.1 Å². The SMILES string of the molecule is C=C(C)NC(=O)c1cc(OC)ccc1C.C=NC.CC.CC. The van der Waals surface area contributed by atoms with Crippen LogP contribution in [0.2, 0.25) is 0 Å². The number of allylic oxidation sites excluding steroid dienone is 1. The number of aryl methyl sites for hydroxylation is 1. The van der Waals surface area contributed by atoms with Crippen molar-refractivity contribution < 1.29 is 9.53 Å². The van der Waals surface area contributed by atoms with Crippen LogP contribution in [0, 0.1) is 6.92 Å². The summed E-state index contributed by atoms with van der Waals surface area (Å²) in [5.41, 5.74) is 2.15. The maximum atomic E-state index is 11.7. The van der Waals surface area contributed by atoms with Crippen LogP contribution in [0.1, 0.15) is 50.5 Å². The van der Waals surface area contributed by atoms with Gasteiger partial charge in [-0.15, -0.1) is 0 Å². The van der Waals surface area contributed by atoms with Crippen LogP contribution >= 0.6 is 0 Å². The second-order valence-corrected chi connectivity index (χ2v) is 3.73. The van der Waals surface area contributed by atoms with Gasteiger partial charge in [0.15, 0.2) is 0 Å². The largest absolute Gasteiger partial charge is 0.497 e. The second-order valence-electron chi connectivity index (χ2n) is 3.73. The van der Waals surface area contributed by atoms with Crippen molar-refractivity contribution in [2.24, 2.45) is 4.99 Å². The fourth-order valence-corrected chi connectivity index (χ4v) is 1.23. The molecule has 1 amide bonds. The number of ether oxygens (including phenoxy) is 1. The number of amides is 1. The summed E-state index contributed by atoms with van der Waals surface area (Å²) in [4.78, 5) is 15.0. The molecule has 0 fully saturated rings. The highest BCUT2D eigenvalue weighted by atomic mass is 16.5. The fourth-order valence-electron chi connectivity index (χ4n) is 1.23. The molecule has 0 radical (unpaired) electrons. The van der Waals surface area contributed by atoms with Gasteiger partial charge >= 0.3 is 0 Å². The first-order valence-electron chi connectivity index (χ1n) is 7.42. The molecule has 0 saturated heterocycles. The molecular weight excluding hydrogens is 276 g/mol. The van der Waals surface area contributed by atoms with Crippen molar-refractivity contribution in [3.8, 4) is 5.75 Å². The van der Waals surface area contributed by atoms with Gasteiger partial charge in [0.1, 0.15) is 5.75 Å². The molecule has 0 saturated carbocycles. The number of benzene rings is 1. The van der Waals surface area contributed by atoms with Gasteiger partial charge in [-0.2, -0.15) is 0 Å². The molecule has 1 aromatic rings. The molecule has 1 rings (SSSR count). The lowest BCUT2D eigenvalue weighted by atomic mass is 10.1. The van der Waals surface area contributed by atoms with Gasteiger partial charge in [0.05, 0.1) is 7.11 Å². The Hall–Kier alpha value is -2.10. The lowest BCUT2D eigenvalue weighted by Gasteiger charge is -2.08. The van der Waals surface area contributed by atoms with E-state index in [2.05, 4.69) is 23.6 Å². The minimum Gasteiger partial charge on any atom is -0.497 e. The number of rotatable bonds is 3. The van der Waals surface area contributed by atoms with Crippen LogP contribution in [-0.2, 0) is 0 Å². The van der Waals surface area contributed by atoms with Crippen molar-refractivity contribution in [3.05, 3.63) is 41.6 Å². The third-order valence-electron chi connectivity index (χ3n) is 2.02. The fraction of sp³-hybridized carbons (Fsp3) is 0.444. The predicted octanol–water partition coefficient (Wildman–Crippen LogP) is 4.64. The Morgan fingerprint density at radius 2 is 1.68 bits per heavy atom. The van der Waals surface area contributed by atoms with Crippen molar-refractivity contribution >= 4 is 12.6 Å². The smallest absolute Gasteiger partial charge is 0.255 e. The van der Waals surface area contributed by atoms with E-state index in [-0.39, 0.29) is 5.91 Å². The van der Waals surface area contributed by atoms with E-state index < -0.39 is 0 Å². The van der Waals surface area contributed by atoms with Gasteiger partial charge in [0.2, 0.25) is 0 Å². The highest BCUT2D eigenvalue weighted by molar-refractivity contribution is 5.96. The first-order chi connectivity index (χ1) is 10.5. The predicted molar refractivity (Wildman–Crippen MR) is 98.2 cm³/mol. The Morgan fingerprint density at radius 3 is 2.05 bits per heavy atom. The van der Waals surface area contributed by atoms with Crippen LogP contribution in [0.15, 0.2) is 35.5 Å². The van der Waals surface area contributed by atoms with Crippen molar-refractivity contribution in [1.82, 2.24) is 5.32 Å². The van der Waals surface area contributed by atoms with Gasteiger partial charge in [0.25, 0.3) is 5.91 Å². The number of hydrogen-bond acceptors (Lipinski definition) is 3. The molecular formula is C18H32N2O2. The summed E-state index contributed by atoms with van der Waals surface area (Å²) in [6.07, 6.45) is 0. The van der Waals surface area contributed by atoms with E-state index in [9.17, 15) is 4.79 Å². The average Bonchev–Trinajstić information content (AvgIpc) is 2.52. The summed E-state index contributed by atoms with van der Waals surface area (Å²) >= 11 is 0. The normalized spacial score (nSPS) is 7.64. The molecule has 4 heteroatoms. The number of carbonyl (C=O) groups excluding carboxylic acids is 1. The van der Waals surface area contributed by atoms with Crippen LogP contribution in [0.25, 0.3) is 0 Å². The van der Waals surface area contributed by atoms with E-state index in [4.69, 9.17) is 4.74 Å². The minimum absolute atomic E-state index is 0.154. The monoisotopic (exact) mass is 308 g/mol. The van der Waals surface area contributed by atoms with Gasteiger partial charge < -0.3 is 15.0 Å². The zero-order valence-electron chi connectivity index (χ0n) is 15.4. The first-order valence-corrected chi connectivity index (χ1v) is 7.42. The molecule has 0 aliphatic rings. The zero-order valence-corrected chi connectivity index (χ0v) is 15.4. The first kappa shape index (κ1) is 24.9. The number of hydrogen-bond donors (Lipinski definition) is 1. The van der Waals surface area contributed by atoms with E-state index >= 15 is 0 Å². The van der Waals surface area contributed by atoms with Gasteiger partial charge in [-0.1, -0.05) is 40.3 Å². The molecule has 4 nitrogen and oxygen atoms in total. The molecule has 0 aliphatic heterocycles. The Labute approximate surface area is 136 Å². The van der Waals surface area contributed by atoms with Crippen LogP contribution in [-0.4, -0.2) is 26.8 Å². The zero-order chi connectivity index (χ0) is 18.1. The maximum Gasteiger partial charge on any atom is 0.255 e. The molecule has 1 aromatic carbocycles. The minimum atomic E-state index is -0.154. The molecule has 0 aromatic heterocycles. The lowest BCUT2D eigenvalue weighted by Crippen LogP contribution is -2.21. The highest BCUT2D eigenvalue weighted by Gasteiger charge is 2.09. The van der Waals surface area contributed by atoms with Gasteiger partial charge in [0, 0.05) is 18.3 Å². The number of methoxy groups -OCH3 is 1. The molecule has 22 heavy (non-hydrogen) atoms. The molecule has 0 heterocycles. The highest BCUT2D eigenvalue weighted by Crippen LogP contribution is 2.17. The Bertz CT molecular complexity index is 441. The van der Waals surface area contributed by atoms with Crippen molar-refractivity contribution in [2.75, 3.05) is 14.2 Å². The number of nitrogens with zero attached hydrogens (tertiary/aromatic N) is 1. The summed E-state index contributed by atoms with van der Waals surface area (Å²) < 4.78 is 5.06. The Morgan fingerprint density at radius 1 is 1.23 bits per heavy atom. The lowest BCUT2D eigenvalue weighted by molar-refractivity contribution is 0.0965. The molecule has 1 N–H and O–H groups in total. The summed E-state index contributed by atoms with van der Waals surface area (Å²) in [6.45, 7) is 18.4. The van der Waals surface area contributed by atoms with E-state index in [0.717, 1.165) is 5.56 Å². The van der Waals surface area contributed by atoms with E-state index in [1.165, 1.54) is 0 Å². The van der Waals surface area contributed by atoms with Crippen LogP contribution in [0.5, 0.6) is 5.75 Å². The molecule has 0 spiro atoms. The average molecular weight is 308 g/mol. The van der Waals surface area contributed by atoms with Gasteiger partial charge in [-0.25, -0.2) is 0 Å². The molecule has 0 unspecified atom stereocenters. The standard InChI is InChI=1S/C12H15NO2.C2H5N.2C2H6/c1-8(2)13-12(14)11-7-10(15-4)6-5-9(11)3;1-3-2;2*1-2/h5-7H,1H2,2-4H3,(H,13,14);1H2,2H3;2*1-2H3. The summed E-state index contributed by atoms with van der Waals surface area (Å²) in [6, 6.07) is 5.40. The molecule has 0 bridgehead atoms. The van der Waals surface area contributed by atoms with Crippen molar-refractivity contribution in [2.45, 2.75) is 41.5 Å². The van der Waals surface area contributed by atoms with Crippen molar-refractivity contribution in [1.29, 1.82) is 0 Å². The number of carbonyl (C=O) groups is 1. The van der Waals surface area contributed by atoms with Gasteiger partial charge in [-0.3, -0.25) is 4.79 Å². The van der Waals surface area contributed by atoms with Gasteiger partial charge in [-0.05, 0) is 38.3 Å². The topological polar surface area (TPSA) is 50.7 Å². The Balaban J connectivity index is -0.000000446. The molecule has 126 valence electrons. The van der Waals surface area contributed by atoms with Crippen LogP contribution in [0.4, 0.5) is 0 Å². The summed E-state index contributed by atoms with van der Waals surface area (Å²) in [5, 5.41) is 2.66. The number of nitrogens with one attached hydrogen (secondary N) is 1. The summed E-state index contributed by atoms with van der Waals surface area (Å²) in [5.74, 6) is 0.520. The molecule has 0 atom stereocenters. The second kappa shape index (κ2) is 17.0. The molecule has 0 aliphatic carbocycles. The third kappa shape index (κ3) is 11.7. The van der Waals surface area contributed by atoms with E-state index in [1.807, 2.05) is 46.8 Å². The van der Waals surface area contributed by atoms with E-state index in [1.54, 1.807) is 27.1 Å². The maximum absolute atomic E-state index is 11.7. The summed E-state index contributed by atoms with van der Waals surface area (Å²) in [7, 11) is 3.21. The third-order valence-corrected chi connectivity index (χ3v) is 2.02. The van der Waals surface area contributed by atoms with Crippen LogP contribution in [0.3, 0.4) is 0 Å². The van der Waals surface area contributed by atoms with E-state index in [0.29, 0.717) is 17.0 Å². The van der Waals surface area contributed by atoms with Crippen molar-refractivity contribution in [3.63, 3.8) is 0 Å².